The quantitative estimate of drug-likeness (QED) is 0.562. The molecule has 3 aromatic carbocycles. The Bertz CT molecular complexity index is 1030. The second-order valence-electron chi connectivity index (χ2n) is 7.09. The molecule has 0 saturated heterocycles. The molecule has 0 aliphatic heterocycles. The van der Waals surface area contributed by atoms with Crippen LogP contribution in [0.5, 0.6) is 0 Å². The van der Waals surface area contributed by atoms with Crippen molar-refractivity contribution >= 4 is 28.9 Å². The Morgan fingerprint density at radius 3 is 2.17 bits per heavy atom. The second-order valence-corrected chi connectivity index (χ2v) is 7.09. The summed E-state index contributed by atoms with van der Waals surface area (Å²) in [6, 6.07) is 20.6. The summed E-state index contributed by atoms with van der Waals surface area (Å²) >= 11 is 0. The van der Waals surface area contributed by atoms with E-state index >= 15 is 0 Å². The first-order chi connectivity index (χ1) is 13.9. The van der Waals surface area contributed by atoms with Gasteiger partial charge in [-0.15, -0.1) is 0 Å². The number of amides is 2. The summed E-state index contributed by atoms with van der Waals surface area (Å²) in [7, 11) is 0. The van der Waals surface area contributed by atoms with Crippen LogP contribution in [0.1, 0.15) is 27.0 Å². The van der Waals surface area contributed by atoms with E-state index in [9.17, 15) is 9.59 Å². The molecule has 5 nitrogen and oxygen atoms in total. The van der Waals surface area contributed by atoms with Crippen LogP contribution in [0.3, 0.4) is 0 Å². The maximum atomic E-state index is 12.7. The minimum Gasteiger partial charge on any atom is -0.376 e. The van der Waals surface area contributed by atoms with Crippen LogP contribution in [0.4, 0.5) is 17.1 Å². The van der Waals surface area contributed by atoms with Gasteiger partial charge in [-0.05, 0) is 56.7 Å². The minimum absolute atomic E-state index is 0.0577. The minimum atomic E-state index is -0.230. The van der Waals surface area contributed by atoms with Gasteiger partial charge >= 0.3 is 0 Å². The van der Waals surface area contributed by atoms with Crippen molar-refractivity contribution in [3.05, 3.63) is 89.0 Å². The standard InChI is InChI=1S/C24H25N3O2/c1-16-8-11-19(12-9-16)26-24(29)20-6-4-5-7-22(20)25-15-23(28)27-21-13-10-17(2)14-18(21)3/h4-14,25H,15H2,1-3H3,(H,26,29)(H,27,28). The molecule has 0 fully saturated rings. The third kappa shape index (κ3) is 5.45. The van der Waals surface area contributed by atoms with Gasteiger partial charge < -0.3 is 16.0 Å². The van der Waals surface area contributed by atoms with Crippen molar-refractivity contribution in [1.82, 2.24) is 0 Å². The van der Waals surface area contributed by atoms with Crippen molar-refractivity contribution in [3.63, 3.8) is 0 Å². The number of anilines is 3. The highest BCUT2D eigenvalue weighted by Gasteiger charge is 2.12. The number of nitrogens with one attached hydrogen (secondary N) is 3. The predicted molar refractivity (Wildman–Crippen MR) is 119 cm³/mol. The maximum absolute atomic E-state index is 12.7. The van der Waals surface area contributed by atoms with Crippen LogP contribution in [-0.2, 0) is 4.79 Å². The summed E-state index contributed by atoms with van der Waals surface area (Å²) in [5.41, 5.74) is 5.87. The van der Waals surface area contributed by atoms with Gasteiger partial charge in [-0.3, -0.25) is 9.59 Å². The summed E-state index contributed by atoms with van der Waals surface area (Å²) in [5, 5.41) is 8.85. The van der Waals surface area contributed by atoms with Gasteiger partial charge in [0.1, 0.15) is 0 Å². The van der Waals surface area contributed by atoms with Crippen LogP contribution in [0, 0.1) is 20.8 Å². The number of hydrogen-bond donors (Lipinski definition) is 3. The first-order valence-electron chi connectivity index (χ1n) is 9.50. The average molecular weight is 387 g/mol. The Morgan fingerprint density at radius 1 is 0.759 bits per heavy atom. The van der Waals surface area contributed by atoms with Gasteiger partial charge in [0.15, 0.2) is 0 Å². The van der Waals surface area contributed by atoms with Gasteiger partial charge in [0.05, 0.1) is 12.1 Å². The summed E-state index contributed by atoms with van der Waals surface area (Å²) in [5.74, 6) is -0.405. The summed E-state index contributed by atoms with van der Waals surface area (Å²) in [6.45, 7) is 6.02. The zero-order valence-corrected chi connectivity index (χ0v) is 16.9. The van der Waals surface area contributed by atoms with E-state index in [1.54, 1.807) is 18.2 Å². The Hall–Kier alpha value is -3.60. The van der Waals surface area contributed by atoms with Crippen LogP contribution in [-0.4, -0.2) is 18.4 Å². The van der Waals surface area contributed by atoms with E-state index in [0.29, 0.717) is 11.3 Å². The van der Waals surface area contributed by atoms with Crippen molar-refractivity contribution in [2.24, 2.45) is 0 Å². The Balaban J connectivity index is 1.64. The molecule has 0 unspecified atom stereocenters. The Morgan fingerprint density at radius 2 is 1.45 bits per heavy atom. The van der Waals surface area contributed by atoms with Crippen molar-refractivity contribution in [2.45, 2.75) is 20.8 Å². The lowest BCUT2D eigenvalue weighted by Crippen LogP contribution is -2.23. The number of benzene rings is 3. The van der Waals surface area contributed by atoms with Crippen molar-refractivity contribution in [3.8, 4) is 0 Å². The van der Waals surface area contributed by atoms with Crippen LogP contribution in [0.15, 0.2) is 66.7 Å². The predicted octanol–water partition coefficient (Wildman–Crippen LogP) is 4.91. The van der Waals surface area contributed by atoms with Crippen molar-refractivity contribution in [1.29, 1.82) is 0 Å². The molecule has 0 aliphatic carbocycles. The molecule has 0 spiro atoms. The number of para-hydroxylation sites is 1. The molecule has 29 heavy (non-hydrogen) atoms. The number of carbonyl (C=O) groups excluding carboxylic acids is 2. The molecule has 0 aliphatic rings. The van der Waals surface area contributed by atoms with Gasteiger partial charge in [-0.2, -0.15) is 0 Å². The topological polar surface area (TPSA) is 70.2 Å². The molecule has 2 amide bonds. The molecule has 148 valence electrons. The van der Waals surface area contributed by atoms with E-state index in [4.69, 9.17) is 0 Å². The zero-order valence-electron chi connectivity index (χ0n) is 16.9. The summed E-state index contributed by atoms with van der Waals surface area (Å²) in [4.78, 5) is 25.0. The molecule has 3 rings (SSSR count). The SMILES string of the molecule is Cc1ccc(NC(=O)c2ccccc2NCC(=O)Nc2ccc(C)cc2C)cc1. The zero-order chi connectivity index (χ0) is 20.8. The van der Waals surface area contributed by atoms with Crippen molar-refractivity contribution < 1.29 is 9.59 Å². The van der Waals surface area contributed by atoms with Gasteiger partial charge in [0, 0.05) is 17.1 Å². The van der Waals surface area contributed by atoms with Gasteiger partial charge in [-0.1, -0.05) is 47.5 Å². The number of hydrogen-bond acceptors (Lipinski definition) is 3. The third-order valence-corrected chi connectivity index (χ3v) is 4.58. The first kappa shape index (κ1) is 20.1. The molecule has 0 radical (unpaired) electrons. The monoisotopic (exact) mass is 387 g/mol. The Labute approximate surface area is 171 Å². The number of carbonyl (C=O) groups is 2. The average Bonchev–Trinajstić information content (AvgIpc) is 2.70. The molecule has 0 heterocycles. The van der Waals surface area contributed by atoms with E-state index < -0.39 is 0 Å². The first-order valence-corrected chi connectivity index (χ1v) is 9.50. The van der Waals surface area contributed by atoms with Gasteiger partial charge in [-0.25, -0.2) is 0 Å². The molecule has 0 bridgehead atoms. The largest absolute Gasteiger partial charge is 0.376 e. The van der Waals surface area contributed by atoms with Crippen LogP contribution in [0.2, 0.25) is 0 Å². The second kappa shape index (κ2) is 9.06. The van der Waals surface area contributed by atoms with E-state index in [1.807, 2.05) is 69.3 Å². The molecule has 3 N–H and O–H groups in total. The molecular formula is C24H25N3O2. The third-order valence-electron chi connectivity index (χ3n) is 4.58. The highest BCUT2D eigenvalue weighted by atomic mass is 16.2. The van der Waals surface area contributed by atoms with E-state index in [2.05, 4.69) is 16.0 Å². The summed E-state index contributed by atoms with van der Waals surface area (Å²) < 4.78 is 0. The lowest BCUT2D eigenvalue weighted by atomic mass is 10.1. The molecule has 0 saturated carbocycles. The van der Waals surface area contributed by atoms with E-state index in [0.717, 1.165) is 28.1 Å². The molecule has 3 aromatic rings. The normalized spacial score (nSPS) is 10.3. The highest BCUT2D eigenvalue weighted by Crippen LogP contribution is 2.19. The fraction of sp³-hybridized carbons (Fsp3) is 0.167. The smallest absolute Gasteiger partial charge is 0.257 e. The molecule has 0 aromatic heterocycles. The highest BCUT2D eigenvalue weighted by molar-refractivity contribution is 6.08. The van der Waals surface area contributed by atoms with E-state index in [1.165, 1.54) is 0 Å². The van der Waals surface area contributed by atoms with Crippen LogP contribution in [0.25, 0.3) is 0 Å². The number of aryl methyl sites for hydroxylation is 3. The maximum Gasteiger partial charge on any atom is 0.257 e. The van der Waals surface area contributed by atoms with Crippen molar-refractivity contribution in [2.75, 3.05) is 22.5 Å². The van der Waals surface area contributed by atoms with Crippen LogP contribution >= 0.6 is 0 Å². The van der Waals surface area contributed by atoms with Gasteiger partial charge in [0.2, 0.25) is 5.91 Å². The van der Waals surface area contributed by atoms with Gasteiger partial charge in [0.25, 0.3) is 5.91 Å². The lowest BCUT2D eigenvalue weighted by molar-refractivity contribution is -0.114. The fourth-order valence-electron chi connectivity index (χ4n) is 2.99. The molecular weight excluding hydrogens is 362 g/mol. The van der Waals surface area contributed by atoms with E-state index in [-0.39, 0.29) is 18.4 Å². The molecule has 0 atom stereocenters. The van der Waals surface area contributed by atoms with Crippen LogP contribution < -0.4 is 16.0 Å². The number of rotatable bonds is 6. The summed E-state index contributed by atoms with van der Waals surface area (Å²) in [6.07, 6.45) is 0. The molecule has 5 heteroatoms. The fourth-order valence-corrected chi connectivity index (χ4v) is 2.99. The Kier molecular flexibility index (Phi) is 6.29. The lowest BCUT2D eigenvalue weighted by Gasteiger charge is -2.13.